The molecular formula is C23H22N3O5+. The minimum atomic E-state index is -0.850. The highest BCUT2D eigenvalue weighted by molar-refractivity contribution is 6.24. The molecule has 158 valence electrons. The molecule has 0 spiro atoms. The van der Waals surface area contributed by atoms with Crippen LogP contribution >= 0.6 is 0 Å². The van der Waals surface area contributed by atoms with Crippen molar-refractivity contribution in [3.05, 3.63) is 59.8 Å². The lowest BCUT2D eigenvalue weighted by Crippen LogP contribution is -3.12. The highest BCUT2D eigenvalue weighted by atomic mass is 16.5. The van der Waals surface area contributed by atoms with Crippen molar-refractivity contribution >= 4 is 29.5 Å². The van der Waals surface area contributed by atoms with Gasteiger partial charge in [0.05, 0.1) is 26.1 Å². The van der Waals surface area contributed by atoms with E-state index in [9.17, 15) is 14.4 Å². The fourth-order valence-electron chi connectivity index (χ4n) is 5.28. The Morgan fingerprint density at radius 3 is 2.48 bits per heavy atom. The Bertz CT molecular complexity index is 1140. The molecule has 8 heteroatoms. The summed E-state index contributed by atoms with van der Waals surface area (Å²) >= 11 is 0. The zero-order chi connectivity index (χ0) is 21.9. The van der Waals surface area contributed by atoms with Gasteiger partial charge in [0.15, 0.2) is 6.04 Å². The van der Waals surface area contributed by atoms with Crippen LogP contribution in [0.4, 0.5) is 5.69 Å². The molecule has 1 unspecified atom stereocenters. The molecule has 0 saturated carbocycles. The monoisotopic (exact) mass is 420 g/mol. The number of imide groups is 1. The first kappa shape index (κ1) is 19.3. The Labute approximate surface area is 178 Å². The summed E-state index contributed by atoms with van der Waals surface area (Å²) in [5.74, 6) is -2.11. The number of nitrogens with one attached hydrogen (secondary N) is 1. The molecule has 0 aliphatic carbocycles. The highest BCUT2D eigenvalue weighted by Gasteiger charge is 2.68. The van der Waals surface area contributed by atoms with E-state index in [2.05, 4.69) is 0 Å². The summed E-state index contributed by atoms with van der Waals surface area (Å²) in [7, 11) is 2.97. The Kier molecular flexibility index (Phi) is 4.33. The largest absolute Gasteiger partial charge is 0.497 e. The Morgan fingerprint density at radius 2 is 1.77 bits per heavy atom. The molecule has 0 bridgehead atoms. The maximum atomic E-state index is 13.7. The van der Waals surface area contributed by atoms with Gasteiger partial charge in [-0.25, -0.2) is 4.90 Å². The molecule has 3 aliphatic heterocycles. The van der Waals surface area contributed by atoms with E-state index in [1.807, 2.05) is 36.5 Å². The van der Waals surface area contributed by atoms with Crippen LogP contribution in [0.15, 0.2) is 48.7 Å². The van der Waals surface area contributed by atoms with Gasteiger partial charge in [-0.05, 0) is 23.8 Å². The predicted molar refractivity (Wildman–Crippen MR) is 111 cm³/mol. The van der Waals surface area contributed by atoms with Crippen molar-refractivity contribution in [1.82, 2.24) is 0 Å². The number of methoxy groups -OCH3 is 2. The second-order valence-electron chi connectivity index (χ2n) is 7.92. The normalized spacial score (nSPS) is 28.2. The minimum absolute atomic E-state index is 0.302. The van der Waals surface area contributed by atoms with Gasteiger partial charge in [-0.3, -0.25) is 19.3 Å². The second-order valence-corrected chi connectivity index (χ2v) is 7.92. The molecule has 2 aromatic carbocycles. The Balaban J connectivity index is 1.66. The van der Waals surface area contributed by atoms with Gasteiger partial charge in [0.1, 0.15) is 29.4 Å². The summed E-state index contributed by atoms with van der Waals surface area (Å²) < 4.78 is 10.7. The first-order valence-electron chi connectivity index (χ1n) is 10.0. The average molecular weight is 420 g/mol. The third-order valence-electron chi connectivity index (χ3n) is 6.55. The topological polar surface area (TPSA) is 103 Å². The van der Waals surface area contributed by atoms with Crippen LogP contribution in [0.3, 0.4) is 0 Å². The number of hydrogen-bond acceptors (Lipinski definition) is 5. The number of ether oxygens (including phenoxy) is 2. The molecule has 2 saturated heterocycles. The fraction of sp³-hybridized carbons (Fsp3) is 0.261. The third kappa shape index (κ3) is 2.61. The number of nitrogens with zero attached hydrogens (tertiary/aromatic N) is 1. The average Bonchev–Trinajstić information content (AvgIpc) is 3.26. The third-order valence-corrected chi connectivity index (χ3v) is 6.55. The molecule has 0 radical (unpaired) electrons. The number of quaternary nitrogens is 1. The first-order valence-corrected chi connectivity index (χ1v) is 10.0. The maximum Gasteiger partial charge on any atom is 0.277 e. The molecule has 5 rings (SSSR count). The second kappa shape index (κ2) is 6.95. The van der Waals surface area contributed by atoms with E-state index in [1.54, 1.807) is 18.2 Å². The summed E-state index contributed by atoms with van der Waals surface area (Å²) in [6, 6.07) is 11.4. The van der Waals surface area contributed by atoms with Crippen LogP contribution in [0, 0.1) is 11.8 Å². The summed E-state index contributed by atoms with van der Waals surface area (Å²) in [6.45, 7) is 0. The number of hydrogen-bond donors (Lipinski definition) is 2. The summed E-state index contributed by atoms with van der Waals surface area (Å²) in [5, 5.41) is 0. The van der Waals surface area contributed by atoms with Crippen molar-refractivity contribution in [2.75, 3.05) is 19.1 Å². The van der Waals surface area contributed by atoms with Crippen LogP contribution in [0.1, 0.15) is 17.2 Å². The van der Waals surface area contributed by atoms with Gasteiger partial charge in [-0.15, -0.1) is 0 Å². The molecule has 3 amide bonds. The van der Waals surface area contributed by atoms with Crippen LogP contribution < -0.4 is 25.0 Å². The van der Waals surface area contributed by atoms with Crippen molar-refractivity contribution in [1.29, 1.82) is 0 Å². The van der Waals surface area contributed by atoms with Crippen molar-refractivity contribution < 1.29 is 28.8 Å². The van der Waals surface area contributed by atoms with E-state index in [4.69, 9.17) is 15.2 Å². The van der Waals surface area contributed by atoms with Crippen LogP contribution in [0.2, 0.25) is 0 Å². The molecule has 5 atom stereocenters. The molecule has 3 N–H and O–H groups in total. The molecule has 31 heavy (non-hydrogen) atoms. The van der Waals surface area contributed by atoms with Gasteiger partial charge in [0, 0.05) is 11.6 Å². The zero-order valence-electron chi connectivity index (χ0n) is 17.1. The van der Waals surface area contributed by atoms with Gasteiger partial charge in [-0.1, -0.05) is 24.3 Å². The summed E-state index contributed by atoms with van der Waals surface area (Å²) in [6.07, 6.45) is 3.76. The number of anilines is 1. The van der Waals surface area contributed by atoms with Gasteiger partial charge in [0.2, 0.25) is 11.8 Å². The number of primary amides is 1. The molecule has 2 fully saturated rings. The van der Waals surface area contributed by atoms with Crippen LogP contribution in [-0.4, -0.2) is 38.0 Å². The number of fused-ring (bicyclic) bond motifs is 5. The van der Waals surface area contributed by atoms with E-state index in [0.717, 1.165) is 20.9 Å². The molecule has 3 heterocycles. The smallest absolute Gasteiger partial charge is 0.277 e. The fourth-order valence-corrected chi connectivity index (χ4v) is 5.28. The molecule has 0 aromatic heterocycles. The summed E-state index contributed by atoms with van der Waals surface area (Å²) in [5.41, 5.74) is 7.96. The molecular weight excluding hydrogens is 398 g/mol. The Hall–Kier alpha value is -3.65. The van der Waals surface area contributed by atoms with Crippen LogP contribution in [-0.2, 0) is 14.4 Å². The van der Waals surface area contributed by atoms with E-state index >= 15 is 0 Å². The number of carbonyl (C=O) groups is 3. The predicted octanol–water partition coefficient (Wildman–Crippen LogP) is 0.287. The lowest BCUT2D eigenvalue weighted by Gasteiger charge is -2.30. The zero-order valence-corrected chi connectivity index (χ0v) is 17.1. The lowest BCUT2D eigenvalue weighted by atomic mass is 9.84. The Morgan fingerprint density at radius 1 is 1.03 bits per heavy atom. The highest BCUT2D eigenvalue weighted by Crippen LogP contribution is 2.46. The van der Waals surface area contributed by atoms with E-state index in [0.29, 0.717) is 17.2 Å². The van der Waals surface area contributed by atoms with Gasteiger partial charge in [-0.2, -0.15) is 0 Å². The quantitative estimate of drug-likeness (QED) is 0.692. The van der Waals surface area contributed by atoms with Gasteiger partial charge >= 0.3 is 0 Å². The van der Waals surface area contributed by atoms with Crippen molar-refractivity contribution in [2.24, 2.45) is 17.6 Å². The van der Waals surface area contributed by atoms with E-state index < -0.39 is 29.7 Å². The number of rotatable bonds is 4. The number of carbonyl (C=O) groups excluding carboxylic acids is 3. The number of nitrogens with two attached hydrogens (primary N) is 1. The minimum Gasteiger partial charge on any atom is -0.497 e. The number of benzene rings is 2. The van der Waals surface area contributed by atoms with Gasteiger partial charge < -0.3 is 15.2 Å². The van der Waals surface area contributed by atoms with E-state index in [1.165, 1.54) is 14.2 Å². The van der Waals surface area contributed by atoms with Gasteiger partial charge in [0.25, 0.3) is 5.91 Å². The van der Waals surface area contributed by atoms with E-state index in [-0.39, 0.29) is 11.9 Å². The van der Waals surface area contributed by atoms with Crippen LogP contribution in [0.5, 0.6) is 11.5 Å². The number of amides is 3. The van der Waals surface area contributed by atoms with Crippen LogP contribution in [0.25, 0.3) is 6.08 Å². The maximum absolute atomic E-state index is 13.7. The SMILES string of the molecule is COc1ccc(OC)c(N2C(=O)[C@@H]3[C@H](C2=O)[C@@H]2c4ccccc4C=C[NH+]2[C@@H]3C(N)=O)c1. The lowest BCUT2D eigenvalue weighted by molar-refractivity contribution is -0.884. The van der Waals surface area contributed by atoms with Crippen molar-refractivity contribution in [2.45, 2.75) is 12.1 Å². The van der Waals surface area contributed by atoms with Crippen molar-refractivity contribution in [3.63, 3.8) is 0 Å². The first-order chi connectivity index (χ1) is 15.0. The van der Waals surface area contributed by atoms with Crippen molar-refractivity contribution in [3.8, 4) is 11.5 Å². The summed E-state index contributed by atoms with van der Waals surface area (Å²) in [4.78, 5) is 41.7. The molecule has 2 aromatic rings. The standard InChI is InChI=1S/C23H21N3O5/c1-30-13-7-8-16(31-2)15(11-13)26-22(28)17-18(23(26)29)20(21(24)27)25-10-9-12-5-3-4-6-14(12)19(17)25/h3-11,17-20H,1-2H3,(H2,24,27)/p+1/t17-,18+,19-,20-/m0/s1. The molecule has 8 nitrogen and oxygen atoms in total. The molecule has 3 aliphatic rings.